The van der Waals surface area contributed by atoms with E-state index in [1.807, 2.05) is 18.2 Å². The van der Waals surface area contributed by atoms with Gasteiger partial charge in [-0.2, -0.15) is 10.2 Å². The molecule has 1 unspecified atom stereocenters. The highest BCUT2D eigenvalue weighted by atomic mass is 35.5. The number of hydrazone groups is 1. The molecule has 0 saturated carbocycles. The first-order valence-corrected chi connectivity index (χ1v) is 11.1. The highest BCUT2D eigenvalue weighted by molar-refractivity contribution is 6.35. The minimum atomic E-state index is -0.778. The van der Waals surface area contributed by atoms with Gasteiger partial charge in [0.1, 0.15) is 29.8 Å². The van der Waals surface area contributed by atoms with E-state index in [1.54, 1.807) is 45.0 Å². The van der Waals surface area contributed by atoms with E-state index in [-0.39, 0.29) is 11.4 Å². The van der Waals surface area contributed by atoms with Crippen molar-refractivity contribution >= 4 is 40.5 Å². The van der Waals surface area contributed by atoms with E-state index in [4.69, 9.17) is 27.9 Å². The van der Waals surface area contributed by atoms with Crippen molar-refractivity contribution in [3.05, 3.63) is 85.1 Å². The first kappa shape index (κ1) is 25.2. The molecule has 0 aliphatic carbocycles. The molecule has 1 N–H and O–H groups in total. The third kappa shape index (κ3) is 5.73. The van der Waals surface area contributed by atoms with Crippen LogP contribution in [0, 0.1) is 24.0 Å². The molecule has 0 bridgehead atoms. The average molecular weight is 504 g/mol. The van der Waals surface area contributed by atoms with Crippen molar-refractivity contribution in [3.63, 3.8) is 0 Å². The molecule has 1 aromatic heterocycles. The quantitative estimate of drug-likeness (QED) is 0.251. The van der Waals surface area contributed by atoms with Gasteiger partial charge in [-0.3, -0.25) is 19.6 Å². The van der Waals surface area contributed by atoms with Crippen LogP contribution >= 0.6 is 23.2 Å². The van der Waals surface area contributed by atoms with Gasteiger partial charge in [-0.15, -0.1) is 0 Å². The lowest BCUT2D eigenvalue weighted by Gasteiger charge is -2.12. The molecule has 34 heavy (non-hydrogen) atoms. The van der Waals surface area contributed by atoms with Gasteiger partial charge in [-0.25, -0.2) is 5.43 Å². The Hall–Kier alpha value is -3.43. The van der Waals surface area contributed by atoms with Gasteiger partial charge in [0, 0.05) is 15.6 Å². The Morgan fingerprint density at radius 2 is 1.91 bits per heavy atom. The molecule has 0 saturated heterocycles. The van der Waals surface area contributed by atoms with E-state index < -0.39 is 16.9 Å². The fourth-order valence-electron chi connectivity index (χ4n) is 3.30. The second-order valence-corrected chi connectivity index (χ2v) is 8.46. The lowest BCUT2D eigenvalue weighted by molar-refractivity contribution is -0.386. The van der Waals surface area contributed by atoms with Gasteiger partial charge < -0.3 is 4.74 Å². The standard InChI is InChI=1S/C23H23Cl2N5O4/c1-13(26-27-23(31)16(4)29-15(3)22(30(32)33)14(2)28-29)17-6-9-20(10-7-17)34-12-18-5-8-19(24)11-21(18)25/h5-11,16H,12H2,1-4H3,(H,27,31)/b26-13+. The Labute approximate surface area is 206 Å². The summed E-state index contributed by atoms with van der Waals surface area (Å²) in [6, 6.07) is 11.7. The van der Waals surface area contributed by atoms with Crippen LogP contribution in [0.25, 0.3) is 0 Å². The predicted octanol–water partition coefficient (Wildman–Crippen LogP) is 5.40. The maximum Gasteiger partial charge on any atom is 0.312 e. The number of aromatic nitrogens is 2. The molecule has 178 valence electrons. The smallest absolute Gasteiger partial charge is 0.312 e. The molecule has 1 atom stereocenters. The van der Waals surface area contributed by atoms with Crippen LogP contribution in [0.5, 0.6) is 5.75 Å². The van der Waals surface area contributed by atoms with Gasteiger partial charge in [0.15, 0.2) is 0 Å². The van der Waals surface area contributed by atoms with E-state index in [1.165, 1.54) is 11.6 Å². The molecule has 0 aliphatic rings. The van der Waals surface area contributed by atoms with Gasteiger partial charge in [0.05, 0.1) is 10.6 Å². The summed E-state index contributed by atoms with van der Waals surface area (Å²) in [4.78, 5) is 23.2. The summed E-state index contributed by atoms with van der Waals surface area (Å²) in [5, 5.41) is 20.6. The van der Waals surface area contributed by atoms with Crippen molar-refractivity contribution in [1.29, 1.82) is 0 Å². The molecule has 0 spiro atoms. The van der Waals surface area contributed by atoms with Crippen molar-refractivity contribution in [2.75, 3.05) is 0 Å². The van der Waals surface area contributed by atoms with Crippen LogP contribution in [0.2, 0.25) is 10.0 Å². The van der Waals surface area contributed by atoms with Crippen molar-refractivity contribution in [3.8, 4) is 5.75 Å². The van der Waals surface area contributed by atoms with Gasteiger partial charge in [-0.1, -0.05) is 29.3 Å². The normalized spacial score (nSPS) is 12.4. The molecule has 9 nitrogen and oxygen atoms in total. The minimum Gasteiger partial charge on any atom is -0.489 e. The molecule has 1 heterocycles. The number of carbonyl (C=O) groups excluding carboxylic acids is 1. The third-order valence-corrected chi connectivity index (χ3v) is 5.82. The van der Waals surface area contributed by atoms with Crippen LogP contribution < -0.4 is 10.2 Å². The lowest BCUT2D eigenvalue weighted by atomic mass is 10.1. The minimum absolute atomic E-state index is 0.0972. The Morgan fingerprint density at radius 1 is 1.24 bits per heavy atom. The number of carbonyl (C=O) groups is 1. The number of hydrogen-bond donors (Lipinski definition) is 1. The summed E-state index contributed by atoms with van der Waals surface area (Å²) >= 11 is 12.1. The molecule has 3 aromatic rings. The van der Waals surface area contributed by atoms with E-state index >= 15 is 0 Å². The van der Waals surface area contributed by atoms with Gasteiger partial charge >= 0.3 is 5.69 Å². The van der Waals surface area contributed by atoms with Gasteiger partial charge in [-0.05, 0) is 69.7 Å². The number of ether oxygens (including phenoxy) is 1. The molecule has 11 heteroatoms. The number of nitro groups is 1. The largest absolute Gasteiger partial charge is 0.489 e. The maximum absolute atomic E-state index is 12.6. The SMILES string of the molecule is C/C(=N\NC(=O)C(C)n1nc(C)c([N+](=O)[O-])c1C)c1ccc(OCc2ccc(Cl)cc2Cl)cc1. The molecule has 0 aliphatic heterocycles. The van der Waals surface area contributed by atoms with Crippen LogP contribution in [0.4, 0.5) is 5.69 Å². The Balaban J connectivity index is 1.62. The number of benzene rings is 2. The topological polar surface area (TPSA) is 112 Å². The molecule has 2 aromatic carbocycles. The number of rotatable bonds is 8. The summed E-state index contributed by atoms with van der Waals surface area (Å²) < 4.78 is 7.10. The summed E-state index contributed by atoms with van der Waals surface area (Å²) in [5.41, 5.74) is 5.14. The van der Waals surface area contributed by atoms with Crippen molar-refractivity contribution in [2.45, 2.75) is 40.3 Å². The van der Waals surface area contributed by atoms with Crippen LogP contribution in [0.3, 0.4) is 0 Å². The number of aryl methyl sites for hydroxylation is 1. The fraction of sp³-hybridized carbons (Fsp3) is 0.261. The third-order valence-electron chi connectivity index (χ3n) is 5.23. The molecule has 3 rings (SSSR count). The fourth-order valence-corrected chi connectivity index (χ4v) is 3.76. The molecule has 1 amide bonds. The van der Waals surface area contributed by atoms with Crippen LogP contribution in [-0.4, -0.2) is 26.3 Å². The number of amides is 1. The van der Waals surface area contributed by atoms with Gasteiger partial charge in [0.25, 0.3) is 5.91 Å². The monoisotopic (exact) mass is 503 g/mol. The van der Waals surface area contributed by atoms with Crippen LogP contribution in [-0.2, 0) is 11.4 Å². The zero-order chi connectivity index (χ0) is 25.0. The molecule has 0 fully saturated rings. The van der Waals surface area contributed by atoms with E-state index in [0.29, 0.717) is 33.8 Å². The number of hydrogen-bond acceptors (Lipinski definition) is 6. The highest BCUT2D eigenvalue weighted by Gasteiger charge is 2.27. The maximum atomic E-state index is 12.6. The van der Waals surface area contributed by atoms with E-state index in [9.17, 15) is 14.9 Å². The molecule has 0 radical (unpaired) electrons. The first-order chi connectivity index (χ1) is 16.1. The second kappa shape index (κ2) is 10.7. The van der Waals surface area contributed by atoms with E-state index in [2.05, 4.69) is 15.6 Å². The number of nitrogens with zero attached hydrogens (tertiary/aromatic N) is 4. The summed E-state index contributed by atoms with van der Waals surface area (Å²) in [6.45, 7) is 6.73. The average Bonchev–Trinajstić information content (AvgIpc) is 3.10. The Morgan fingerprint density at radius 3 is 2.50 bits per heavy atom. The lowest BCUT2D eigenvalue weighted by Crippen LogP contribution is -2.29. The highest BCUT2D eigenvalue weighted by Crippen LogP contribution is 2.25. The zero-order valence-electron chi connectivity index (χ0n) is 19.0. The molecular weight excluding hydrogens is 481 g/mol. The Bertz CT molecular complexity index is 1250. The number of nitrogens with one attached hydrogen (secondary N) is 1. The summed E-state index contributed by atoms with van der Waals surface area (Å²) in [7, 11) is 0. The molecular formula is C23H23Cl2N5O4. The van der Waals surface area contributed by atoms with Crippen molar-refractivity contribution < 1.29 is 14.5 Å². The zero-order valence-corrected chi connectivity index (χ0v) is 20.5. The van der Waals surface area contributed by atoms with Crippen LogP contribution in [0.1, 0.15) is 42.4 Å². The first-order valence-electron chi connectivity index (χ1n) is 10.3. The van der Waals surface area contributed by atoms with Crippen molar-refractivity contribution in [1.82, 2.24) is 15.2 Å². The Kier molecular flexibility index (Phi) is 7.90. The summed E-state index contributed by atoms with van der Waals surface area (Å²) in [6.07, 6.45) is 0. The van der Waals surface area contributed by atoms with E-state index in [0.717, 1.165) is 11.1 Å². The van der Waals surface area contributed by atoms with Gasteiger partial charge in [0.2, 0.25) is 0 Å². The summed E-state index contributed by atoms with van der Waals surface area (Å²) in [5.74, 6) is 0.200. The predicted molar refractivity (Wildman–Crippen MR) is 131 cm³/mol. The van der Waals surface area contributed by atoms with Crippen molar-refractivity contribution in [2.24, 2.45) is 5.10 Å². The number of halogens is 2. The second-order valence-electron chi connectivity index (χ2n) is 7.62. The van der Waals surface area contributed by atoms with Crippen LogP contribution in [0.15, 0.2) is 47.6 Å².